The van der Waals surface area contributed by atoms with Gasteiger partial charge in [-0.2, -0.15) is 0 Å². The summed E-state index contributed by atoms with van der Waals surface area (Å²) in [4.78, 5) is 0. The van der Waals surface area contributed by atoms with E-state index in [9.17, 15) is 0 Å². The van der Waals surface area contributed by atoms with Crippen LogP contribution in [0, 0.1) is 35.0 Å². The van der Waals surface area contributed by atoms with Crippen molar-refractivity contribution >= 4 is 8.07 Å². The van der Waals surface area contributed by atoms with E-state index in [4.69, 9.17) is 0 Å². The summed E-state index contributed by atoms with van der Waals surface area (Å²) in [6.07, 6.45) is 21.7. The highest BCUT2D eigenvalue weighted by atomic mass is 28.3. The molecular formula is C25H38Si. The van der Waals surface area contributed by atoms with Crippen molar-refractivity contribution in [2.45, 2.75) is 71.1 Å². The molecule has 7 atom stereocenters. The van der Waals surface area contributed by atoms with Crippen LogP contribution in [0.3, 0.4) is 0 Å². The molecular weight excluding hydrogens is 328 g/mol. The zero-order chi connectivity index (χ0) is 18.7. The average molecular weight is 367 g/mol. The molecule has 0 saturated heterocycles. The molecule has 26 heavy (non-hydrogen) atoms. The largest absolute Gasteiger partial charge is 0.0808 e. The molecule has 0 N–H and O–H groups in total. The van der Waals surface area contributed by atoms with Gasteiger partial charge in [0.2, 0.25) is 0 Å². The van der Waals surface area contributed by atoms with Crippen molar-refractivity contribution in [1.29, 1.82) is 0 Å². The maximum Gasteiger partial charge on any atom is 0.0550 e. The second kappa shape index (κ2) is 6.36. The smallest absolute Gasteiger partial charge is 0.0550 e. The highest BCUT2D eigenvalue weighted by molar-refractivity contribution is 6.80. The van der Waals surface area contributed by atoms with Gasteiger partial charge in [0.25, 0.3) is 0 Å². The Morgan fingerprint density at radius 3 is 2.38 bits per heavy atom. The molecule has 4 rings (SSSR count). The Morgan fingerprint density at radius 2 is 1.65 bits per heavy atom. The Bertz CT molecular complexity index is 669. The van der Waals surface area contributed by atoms with Gasteiger partial charge in [0.1, 0.15) is 0 Å². The van der Waals surface area contributed by atoms with Crippen molar-refractivity contribution in [2.24, 2.45) is 35.0 Å². The first-order valence-electron chi connectivity index (χ1n) is 10.9. The van der Waals surface area contributed by atoms with Crippen LogP contribution in [0.1, 0.15) is 47.0 Å². The van der Waals surface area contributed by atoms with Gasteiger partial charge >= 0.3 is 0 Å². The summed E-state index contributed by atoms with van der Waals surface area (Å²) in [5, 5.41) is 0. The number of hydrogen-bond donors (Lipinski definition) is 0. The van der Waals surface area contributed by atoms with E-state index in [0.29, 0.717) is 0 Å². The van der Waals surface area contributed by atoms with Crippen LogP contribution in [0.25, 0.3) is 0 Å². The van der Waals surface area contributed by atoms with Crippen molar-refractivity contribution in [3.05, 3.63) is 48.1 Å². The molecule has 0 radical (unpaired) electrons. The van der Waals surface area contributed by atoms with E-state index in [1.807, 2.05) is 0 Å². The van der Waals surface area contributed by atoms with Crippen molar-refractivity contribution in [3.8, 4) is 0 Å². The predicted molar refractivity (Wildman–Crippen MR) is 117 cm³/mol. The summed E-state index contributed by atoms with van der Waals surface area (Å²) in [6.45, 7) is 15.1. The Kier molecular flexibility index (Phi) is 4.54. The molecule has 1 heteroatoms. The van der Waals surface area contributed by atoms with E-state index in [-0.39, 0.29) is 5.41 Å². The molecule has 7 unspecified atom stereocenters. The average Bonchev–Trinajstić information content (AvgIpc) is 3.13. The first kappa shape index (κ1) is 18.5. The summed E-state index contributed by atoms with van der Waals surface area (Å²) in [5.74, 6) is 4.15. The molecule has 0 aliphatic heterocycles. The number of hydrogen-bond acceptors (Lipinski definition) is 0. The maximum absolute atomic E-state index is 2.74. The quantitative estimate of drug-likeness (QED) is 0.446. The molecule has 2 saturated carbocycles. The summed E-state index contributed by atoms with van der Waals surface area (Å²) in [6, 6.07) is 0. The third-order valence-electron chi connectivity index (χ3n) is 8.31. The van der Waals surface area contributed by atoms with E-state index in [2.05, 4.69) is 83.3 Å². The van der Waals surface area contributed by atoms with Crippen LogP contribution < -0.4 is 0 Å². The number of rotatable bonds is 2. The molecule has 2 fully saturated rings. The summed E-state index contributed by atoms with van der Waals surface area (Å²) in [5.41, 5.74) is 3.77. The monoisotopic (exact) mass is 366 g/mol. The zero-order valence-corrected chi connectivity index (χ0v) is 18.7. The van der Waals surface area contributed by atoms with Crippen LogP contribution >= 0.6 is 0 Å². The Morgan fingerprint density at radius 1 is 0.923 bits per heavy atom. The third-order valence-corrected chi connectivity index (χ3v) is 13.6. The highest BCUT2D eigenvalue weighted by Gasteiger charge is 2.54. The first-order valence-corrected chi connectivity index (χ1v) is 14.1. The first-order chi connectivity index (χ1) is 12.2. The fourth-order valence-corrected chi connectivity index (χ4v) is 12.8. The van der Waals surface area contributed by atoms with Gasteiger partial charge in [-0.1, -0.05) is 89.7 Å². The van der Waals surface area contributed by atoms with E-state index in [0.717, 1.165) is 40.7 Å². The minimum Gasteiger partial charge on any atom is -0.0808 e. The van der Waals surface area contributed by atoms with Crippen LogP contribution in [0.5, 0.6) is 0 Å². The van der Waals surface area contributed by atoms with Crippen LogP contribution in [-0.2, 0) is 0 Å². The second-order valence-electron chi connectivity index (χ2n) is 11.2. The third kappa shape index (κ3) is 2.95. The molecule has 0 bridgehead atoms. The van der Waals surface area contributed by atoms with Crippen molar-refractivity contribution < 1.29 is 0 Å². The minimum absolute atomic E-state index is 0.285. The van der Waals surface area contributed by atoms with Crippen LogP contribution in [0.15, 0.2) is 48.1 Å². The fourth-order valence-electron chi connectivity index (χ4n) is 7.12. The topological polar surface area (TPSA) is 0 Å². The normalized spacial score (nSPS) is 41.9. The Hall–Kier alpha value is -0.823. The lowest BCUT2D eigenvalue weighted by atomic mass is 9.78. The predicted octanol–water partition coefficient (Wildman–Crippen LogP) is 7.40. The molecule has 0 amide bonds. The molecule has 0 aromatic heterocycles. The molecule has 0 spiro atoms. The minimum atomic E-state index is -1.35. The molecule has 0 aromatic rings. The van der Waals surface area contributed by atoms with Crippen LogP contribution in [0.4, 0.5) is 0 Å². The van der Waals surface area contributed by atoms with Gasteiger partial charge in [-0.15, -0.1) is 0 Å². The summed E-state index contributed by atoms with van der Waals surface area (Å²) in [7, 11) is -1.35. The van der Waals surface area contributed by atoms with Crippen LogP contribution in [0.2, 0.25) is 24.2 Å². The standard InChI is InChI=1S/C25H38Si/c1-17-15-19-16-20(25(2,3)4)12-13-22(19)24(17)26(5,6)23-14-11-18-9-7-8-10-21(18)23/h7-10,12-13,16-19,21-24H,11,14-15H2,1-6H3. The molecule has 4 aliphatic rings. The second-order valence-corrected chi connectivity index (χ2v) is 16.3. The van der Waals surface area contributed by atoms with Crippen LogP contribution in [-0.4, -0.2) is 8.07 Å². The lowest BCUT2D eigenvalue weighted by molar-refractivity contribution is 0.474. The van der Waals surface area contributed by atoms with Gasteiger partial charge in [0.05, 0.1) is 8.07 Å². The number of allylic oxidation sites excluding steroid dienone is 8. The Labute approximate surface area is 162 Å². The SMILES string of the molecule is CC1CC2C=C(C(C)(C)C)C=CC2C1[Si](C)(C)C1CCC2C=CC=CC21. The fraction of sp³-hybridized carbons (Fsp3) is 0.680. The molecule has 0 heterocycles. The summed E-state index contributed by atoms with van der Waals surface area (Å²) < 4.78 is 0. The Balaban J connectivity index is 1.60. The van der Waals surface area contributed by atoms with Crippen molar-refractivity contribution in [3.63, 3.8) is 0 Å². The van der Waals surface area contributed by atoms with Crippen molar-refractivity contribution in [2.75, 3.05) is 0 Å². The van der Waals surface area contributed by atoms with E-state index >= 15 is 0 Å². The number of fused-ring (bicyclic) bond motifs is 2. The molecule has 0 aromatic carbocycles. The molecule has 142 valence electrons. The molecule has 0 nitrogen and oxygen atoms in total. The van der Waals surface area contributed by atoms with Gasteiger partial charge in [0, 0.05) is 0 Å². The lowest BCUT2D eigenvalue weighted by Gasteiger charge is -2.44. The maximum atomic E-state index is 2.74. The van der Waals surface area contributed by atoms with E-state index in [1.165, 1.54) is 19.3 Å². The van der Waals surface area contributed by atoms with Gasteiger partial charge in [0.15, 0.2) is 0 Å². The lowest BCUT2D eigenvalue weighted by Crippen LogP contribution is -2.44. The van der Waals surface area contributed by atoms with Gasteiger partial charge in [-0.05, 0) is 64.5 Å². The molecule has 4 aliphatic carbocycles. The van der Waals surface area contributed by atoms with Gasteiger partial charge in [-0.25, -0.2) is 0 Å². The van der Waals surface area contributed by atoms with Gasteiger partial charge < -0.3 is 0 Å². The van der Waals surface area contributed by atoms with Crippen molar-refractivity contribution in [1.82, 2.24) is 0 Å². The van der Waals surface area contributed by atoms with Gasteiger partial charge in [-0.3, -0.25) is 0 Å². The summed E-state index contributed by atoms with van der Waals surface area (Å²) >= 11 is 0. The van der Waals surface area contributed by atoms with E-state index < -0.39 is 8.07 Å². The highest BCUT2D eigenvalue weighted by Crippen LogP contribution is 2.61. The van der Waals surface area contributed by atoms with E-state index in [1.54, 1.807) is 5.57 Å². The zero-order valence-electron chi connectivity index (χ0n) is 17.7.